The fourth-order valence-corrected chi connectivity index (χ4v) is 2.70. The van der Waals surface area contributed by atoms with Crippen LogP contribution in [0.1, 0.15) is 32.1 Å². The number of rotatable bonds is 7. The third kappa shape index (κ3) is 6.81. The van der Waals surface area contributed by atoms with Crippen molar-refractivity contribution in [2.24, 2.45) is 5.73 Å². The van der Waals surface area contributed by atoms with Gasteiger partial charge in [-0.2, -0.15) is 11.8 Å². The Balaban J connectivity index is 0.00000361. The minimum absolute atomic E-state index is 0. The Morgan fingerprint density at radius 3 is 2.75 bits per heavy atom. The number of nitrogens with two attached hydrogens (primary N) is 1. The molecule has 0 aliphatic carbocycles. The summed E-state index contributed by atoms with van der Waals surface area (Å²) in [6, 6.07) is 0.157. The van der Waals surface area contributed by atoms with Crippen molar-refractivity contribution >= 4 is 36.0 Å². The van der Waals surface area contributed by atoms with Crippen molar-refractivity contribution in [3.05, 3.63) is 0 Å². The summed E-state index contributed by atoms with van der Waals surface area (Å²) in [6.45, 7) is 1.75. The van der Waals surface area contributed by atoms with E-state index in [1.54, 1.807) is 11.8 Å². The van der Waals surface area contributed by atoms with E-state index in [1.807, 2.05) is 11.2 Å². The lowest BCUT2D eigenvalue weighted by Crippen LogP contribution is -2.49. The summed E-state index contributed by atoms with van der Waals surface area (Å²) in [5.41, 5.74) is 5.34. The van der Waals surface area contributed by atoms with E-state index < -0.39 is 0 Å². The van der Waals surface area contributed by atoms with E-state index in [2.05, 4.69) is 5.32 Å². The number of halogens is 1. The molecule has 1 aliphatic rings. The second-order valence-electron chi connectivity index (χ2n) is 4.82. The molecule has 0 aromatic rings. The fourth-order valence-electron chi connectivity index (χ4n) is 2.33. The van der Waals surface area contributed by atoms with Crippen LogP contribution in [0, 0.1) is 0 Å². The number of thioether (sulfide) groups is 1. The van der Waals surface area contributed by atoms with Crippen molar-refractivity contribution in [3.8, 4) is 0 Å². The van der Waals surface area contributed by atoms with E-state index in [0.717, 1.165) is 31.6 Å². The molecule has 1 saturated heterocycles. The van der Waals surface area contributed by atoms with Crippen LogP contribution in [-0.4, -0.2) is 54.4 Å². The number of carbonyl (C=O) groups is 2. The first kappa shape index (κ1) is 19.5. The maximum atomic E-state index is 12.1. The molecule has 1 rings (SSSR count). The van der Waals surface area contributed by atoms with Crippen LogP contribution in [0.2, 0.25) is 0 Å². The third-order valence-corrected chi connectivity index (χ3v) is 3.99. The van der Waals surface area contributed by atoms with E-state index >= 15 is 0 Å². The average Bonchev–Trinajstić information content (AvgIpc) is 2.43. The van der Waals surface area contributed by atoms with Gasteiger partial charge < -0.3 is 16.0 Å². The minimum Gasteiger partial charge on any atom is -0.354 e. The highest BCUT2D eigenvalue weighted by atomic mass is 35.5. The number of hydrogen-bond donors (Lipinski definition) is 2. The van der Waals surface area contributed by atoms with Crippen molar-refractivity contribution in [1.29, 1.82) is 0 Å². The lowest BCUT2D eigenvalue weighted by Gasteiger charge is -2.36. The van der Waals surface area contributed by atoms with Crippen LogP contribution in [0.4, 0.5) is 0 Å². The van der Waals surface area contributed by atoms with Crippen LogP contribution in [0.25, 0.3) is 0 Å². The highest BCUT2D eigenvalue weighted by Crippen LogP contribution is 2.18. The number of carbonyl (C=O) groups excluding carboxylic acids is 2. The Hall–Kier alpha value is -0.460. The predicted molar refractivity (Wildman–Crippen MR) is 86.3 cm³/mol. The lowest BCUT2D eigenvalue weighted by atomic mass is 10.0. The molecule has 5 nitrogen and oxygen atoms in total. The van der Waals surface area contributed by atoms with Gasteiger partial charge in [0, 0.05) is 44.3 Å². The zero-order valence-electron chi connectivity index (χ0n) is 12.1. The van der Waals surface area contributed by atoms with Crippen LogP contribution in [0.5, 0.6) is 0 Å². The molecule has 1 atom stereocenters. The van der Waals surface area contributed by atoms with Gasteiger partial charge in [0.1, 0.15) is 0 Å². The molecule has 1 heterocycles. The van der Waals surface area contributed by atoms with Crippen molar-refractivity contribution in [2.75, 3.05) is 31.6 Å². The molecule has 3 N–H and O–H groups in total. The van der Waals surface area contributed by atoms with Gasteiger partial charge in [-0.15, -0.1) is 12.4 Å². The number of nitrogens with one attached hydrogen (secondary N) is 1. The van der Waals surface area contributed by atoms with Gasteiger partial charge >= 0.3 is 0 Å². The first-order chi connectivity index (χ1) is 9.19. The molecule has 0 bridgehead atoms. The van der Waals surface area contributed by atoms with Crippen LogP contribution in [-0.2, 0) is 9.59 Å². The van der Waals surface area contributed by atoms with E-state index in [1.165, 1.54) is 0 Å². The van der Waals surface area contributed by atoms with Crippen LogP contribution >= 0.6 is 24.2 Å². The van der Waals surface area contributed by atoms with Crippen molar-refractivity contribution in [1.82, 2.24) is 10.2 Å². The van der Waals surface area contributed by atoms with Gasteiger partial charge in [0.15, 0.2) is 0 Å². The van der Waals surface area contributed by atoms with Gasteiger partial charge in [-0.1, -0.05) is 0 Å². The van der Waals surface area contributed by atoms with Crippen molar-refractivity contribution in [3.63, 3.8) is 0 Å². The summed E-state index contributed by atoms with van der Waals surface area (Å²) >= 11 is 1.69. The molecule has 0 aromatic heterocycles. The number of piperidine rings is 1. The summed E-state index contributed by atoms with van der Waals surface area (Å²) in [6.07, 6.45) is 6.13. The fraction of sp³-hybridized carbons (Fsp3) is 0.846. The van der Waals surface area contributed by atoms with Gasteiger partial charge in [0.2, 0.25) is 11.8 Å². The van der Waals surface area contributed by atoms with Gasteiger partial charge in [0.05, 0.1) is 0 Å². The quantitative estimate of drug-likeness (QED) is 0.733. The summed E-state index contributed by atoms with van der Waals surface area (Å²) in [5.74, 6) is 1.05. The second-order valence-corrected chi connectivity index (χ2v) is 5.81. The van der Waals surface area contributed by atoms with Gasteiger partial charge in [-0.3, -0.25) is 9.59 Å². The largest absolute Gasteiger partial charge is 0.354 e. The highest BCUT2D eigenvalue weighted by Gasteiger charge is 2.26. The van der Waals surface area contributed by atoms with E-state index in [0.29, 0.717) is 25.9 Å². The first-order valence-electron chi connectivity index (χ1n) is 6.94. The summed E-state index contributed by atoms with van der Waals surface area (Å²) in [7, 11) is 0. The first-order valence-corrected chi connectivity index (χ1v) is 8.33. The van der Waals surface area contributed by atoms with E-state index in [9.17, 15) is 9.59 Å². The van der Waals surface area contributed by atoms with Crippen molar-refractivity contribution in [2.45, 2.75) is 38.1 Å². The van der Waals surface area contributed by atoms with E-state index in [4.69, 9.17) is 5.73 Å². The zero-order valence-corrected chi connectivity index (χ0v) is 13.7. The standard InChI is InChI=1S/C13H25N3O2S.ClH/c1-19-9-6-13(18)16-8-3-2-4-11(16)10-15-12(17)5-7-14;/h11H,2-10,14H2,1H3,(H,15,17);1H. The molecule has 0 spiro atoms. The number of amides is 2. The molecular weight excluding hydrogens is 298 g/mol. The van der Waals surface area contributed by atoms with Crippen LogP contribution in [0.15, 0.2) is 0 Å². The molecule has 7 heteroatoms. The minimum atomic E-state index is -0.0235. The zero-order chi connectivity index (χ0) is 14.1. The normalized spacial score (nSPS) is 18.3. The van der Waals surface area contributed by atoms with Crippen LogP contribution < -0.4 is 11.1 Å². The molecule has 1 unspecified atom stereocenters. The number of nitrogens with zero attached hydrogens (tertiary/aromatic N) is 1. The molecule has 1 fully saturated rings. The molecule has 2 amide bonds. The van der Waals surface area contributed by atoms with Gasteiger partial charge in [-0.05, 0) is 25.5 Å². The van der Waals surface area contributed by atoms with Gasteiger partial charge in [0.25, 0.3) is 0 Å². The molecule has 20 heavy (non-hydrogen) atoms. The molecule has 0 radical (unpaired) electrons. The SMILES string of the molecule is CSCCC(=O)N1CCCCC1CNC(=O)CCN.Cl. The molecular formula is C13H26ClN3O2S. The Morgan fingerprint density at radius 2 is 2.10 bits per heavy atom. The van der Waals surface area contributed by atoms with Crippen molar-refractivity contribution < 1.29 is 9.59 Å². The Bertz CT molecular complexity index is 305. The second kappa shape index (κ2) is 11.2. The maximum absolute atomic E-state index is 12.1. The maximum Gasteiger partial charge on any atom is 0.223 e. The molecule has 1 aliphatic heterocycles. The monoisotopic (exact) mass is 323 g/mol. The van der Waals surface area contributed by atoms with Gasteiger partial charge in [-0.25, -0.2) is 0 Å². The Labute approximate surface area is 131 Å². The topological polar surface area (TPSA) is 75.4 Å². The number of hydrogen-bond acceptors (Lipinski definition) is 4. The predicted octanol–water partition coefficient (Wildman–Crippen LogP) is 1.01. The molecule has 118 valence electrons. The lowest BCUT2D eigenvalue weighted by molar-refractivity contribution is -0.135. The molecule has 0 aromatic carbocycles. The number of likely N-dealkylation sites (tertiary alicyclic amines) is 1. The van der Waals surface area contributed by atoms with E-state index in [-0.39, 0.29) is 30.3 Å². The van der Waals surface area contributed by atoms with Crippen LogP contribution in [0.3, 0.4) is 0 Å². The molecule has 0 saturated carbocycles. The third-order valence-electron chi connectivity index (χ3n) is 3.37. The summed E-state index contributed by atoms with van der Waals surface area (Å²) in [5, 5.41) is 2.88. The smallest absolute Gasteiger partial charge is 0.223 e. The summed E-state index contributed by atoms with van der Waals surface area (Å²) < 4.78 is 0. The Kier molecular flexibility index (Phi) is 11.0. The average molecular weight is 324 g/mol. The summed E-state index contributed by atoms with van der Waals surface area (Å²) in [4.78, 5) is 25.5. The Morgan fingerprint density at radius 1 is 1.35 bits per heavy atom. The highest BCUT2D eigenvalue weighted by molar-refractivity contribution is 7.98.